The molecular weight excluding hydrogens is 330 g/mol. The minimum atomic E-state index is -0.510. The van der Waals surface area contributed by atoms with Gasteiger partial charge >= 0.3 is 0 Å². The number of carbonyl (C=O) groups is 2. The number of nitrogens with two attached hydrogens (primary N) is 1. The topological polar surface area (TPSA) is 98.2 Å². The predicted molar refractivity (Wildman–Crippen MR) is 98.7 cm³/mol. The first-order chi connectivity index (χ1) is 12.4. The summed E-state index contributed by atoms with van der Waals surface area (Å²) in [7, 11) is 0. The molecule has 1 heterocycles. The van der Waals surface area contributed by atoms with E-state index in [-0.39, 0.29) is 12.3 Å². The average Bonchev–Trinajstić information content (AvgIpc) is 2.96. The monoisotopic (exact) mass is 349 g/mol. The van der Waals surface area contributed by atoms with Crippen molar-refractivity contribution in [3.05, 3.63) is 71.1 Å². The molecule has 1 aromatic heterocycles. The molecule has 26 heavy (non-hydrogen) atoms. The van der Waals surface area contributed by atoms with E-state index in [9.17, 15) is 9.59 Å². The maximum Gasteiger partial charge on any atom is 0.248 e. The van der Waals surface area contributed by atoms with Gasteiger partial charge in [-0.15, -0.1) is 0 Å². The first kappa shape index (κ1) is 17.4. The van der Waals surface area contributed by atoms with E-state index in [1.54, 1.807) is 31.2 Å². The Morgan fingerprint density at radius 1 is 1.04 bits per heavy atom. The molecule has 0 saturated carbocycles. The summed E-state index contributed by atoms with van der Waals surface area (Å²) in [6, 6.07) is 14.2. The van der Waals surface area contributed by atoms with Crippen LogP contribution in [0.2, 0.25) is 0 Å². The van der Waals surface area contributed by atoms with Gasteiger partial charge in [-0.25, -0.2) is 4.98 Å². The van der Waals surface area contributed by atoms with E-state index in [1.165, 1.54) is 0 Å². The summed E-state index contributed by atoms with van der Waals surface area (Å²) in [6.45, 7) is 3.80. The van der Waals surface area contributed by atoms with E-state index in [4.69, 9.17) is 10.2 Å². The van der Waals surface area contributed by atoms with Gasteiger partial charge in [-0.1, -0.05) is 17.7 Å². The number of primary amides is 1. The fraction of sp³-hybridized carbons (Fsp3) is 0.150. The number of aromatic nitrogens is 1. The summed E-state index contributed by atoms with van der Waals surface area (Å²) in [5.74, 6) is 0.379. The average molecular weight is 349 g/mol. The Bertz CT molecular complexity index is 941. The molecule has 0 unspecified atom stereocenters. The zero-order valence-electron chi connectivity index (χ0n) is 14.6. The third-order valence-electron chi connectivity index (χ3n) is 3.97. The van der Waals surface area contributed by atoms with E-state index in [0.717, 1.165) is 11.1 Å². The number of hydrogen-bond acceptors (Lipinski definition) is 4. The lowest BCUT2D eigenvalue weighted by molar-refractivity contribution is -0.115. The van der Waals surface area contributed by atoms with Gasteiger partial charge in [-0.05, 0) is 50.2 Å². The van der Waals surface area contributed by atoms with Crippen LogP contribution in [0.1, 0.15) is 27.4 Å². The summed E-state index contributed by atoms with van der Waals surface area (Å²) in [5.41, 5.74) is 8.78. The van der Waals surface area contributed by atoms with Crippen molar-refractivity contribution < 1.29 is 14.0 Å². The van der Waals surface area contributed by atoms with Gasteiger partial charge in [0.25, 0.3) is 0 Å². The minimum Gasteiger partial charge on any atom is -0.441 e. The van der Waals surface area contributed by atoms with Gasteiger partial charge in [0.15, 0.2) is 0 Å². The Morgan fingerprint density at radius 2 is 1.69 bits per heavy atom. The normalized spacial score (nSPS) is 10.5. The molecule has 3 N–H and O–H groups in total. The minimum absolute atomic E-state index is 0.0960. The summed E-state index contributed by atoms with van der Waals surface area (Å²) in [4.78, 5) is 27.8. The van der Waals surface area contributed by atoms with Crippen LogP contribution in [0.3, 0.4) is 0 Å². The number of nitrogens with zero attached hydrogens (tertiary/aromatic N) is 1. The third kappa shape index (κ3) is 3.97. The molecule has 0 atom stereocenters. The zero-order valence-corrected chi connectivity index (χ0v) is 14.6. The van der Waals surface area contributed by atoms with Gasteiger partial charge in [0.05, 0.1) is 12.1 Å². The number of carbonyl (C=O) groups excluding carboxylic acids is 2. The van der Waals surface area contributed by atoms with Crippen molar-refractivity contribution >= 4 is 17.5 Å². The van der Waals surface area contributed by atoms with Crippen LogP contribution >= 0.6 is 0 Å². The maximum absolute atomic E-state index is 12.3. The quantitative estimate of drug-likeness (QED) is 0.739. The number of benzene rings is 2. The highest BCUT2D eigenvalue weighted by Gasteiger charge is 2.15. The molecule has 0 aliphatic heterocycles. The SMILES string of the molecule is Cc1ccc(-c2nc(CC(=O)Nc3ccc(C(N)=O)cc3)c(C)o2)cc1. The van der Waals surface area contributed by atoms with Crippen LogP contribution < -0.4 is 11.1 Å². The highest BCUT2D eigenvalue weighted by molar-refractivity contribution is 5.95. The van der Waals surface area contributed by atoms with E-state index in [0.29, 0.717) is 28.6 Å². The standard InChI is InChI=1S/C20H19N3O3/c1-12-3-5-15(6-4-12)20-23-17(13(2)26-20)11-18(24)22-16-9-7-14(8-10-16)19(21)25/h3-10H,11H2,1-2H3,(H2,21,25)(H,22,24). The third-order valence-corrected chi connectivity index (χ3v) is 3.97. The maximum atomic E-state index is 12.3. The zero-order chi connectivity index (χ0) is 18.7. The van der Waals surface area contributed by atoms with Crippen LogP contribution in [-0.4, -0.2) is 16.8 Å². The summed E-state index contributed by atoms with van der Waals surface area (Å²) in [5, 5.41) is 2.77. The molecule has 3 aromatic rings. The van der Waals surface area contributed by atoms with E-state index >= 15 is 0 Å². The van der Waals surface area contributed by atoms with E-state index in [1.807, 2.05) is 31.2 Å². The number of anilines is 1. The van der Waals surface area contributed by atoms with Crippen LogP contribution in [-0.2, 0) is 11.2 Å². The summed E-state index contributed by atoms with van der Waals surface area (Å²) < 4.78 is 5.69. The first-order valence-electron chi connectivity index (χ1n) is 8.15. The van der Waals surface area contributed by atoms with Crippen LogP contribution in [0.25, 0.3) is 11.5 Å². The Labute approximate surface area is 151 Å². The Hall–Kier alpha value is -3.41. The molecule has 0 saturated heterocycles. The predicted octanol–water partition coefficient (Wildman–Crippen LogP) is 3.24. The van der Waals surface area contributed by atoms with Gasteiger partial charge in [0, 0.05) is 16.8 Å². The molecular formula is C20H19N3O3. The van der Waals surface area contributed by atoms with Gasteiger partial charge in [-0.2, -0.15) is 0 Å². The number of aryl methyl sites for hydroxylation is 2. The van der Waals surface area contributed by atoms with Crippen molar-refractivity contribution in [1.82, 2.24) is 4.98 Å². The van der Waals surface area contributed by atoms with Crippen molar-refractivity contribution in [2.24, 2.45) is 5.73 Å². The van der Waals surface area contributed by atoms with Crippen LogP contribution in [0, 0.1) is 13.8 Å². The molecule has 0 aliphatic rings. The molecule has 2 amide bonds. The molecule has 6 nitrogen and oxygen atoms in total. The number of nitrogens with one attached hydrogen (secondary N) is 1. The van der Waals surface area contributed by atoms with Crippen molar-refractivity contribution in [2.45, 2.75) is 20.3 Å². The Balaban J connectivity index is 1.69. The number of oxazole rings is 1. The van der Waals surface area contributed by atoms with Crippen LogP contribution in [0.15, 0.2) is 52.9 Å². The molecule has 6 heteroatoms. The number of amides is 2. The first-order valence-corrected chi connectivity index (χ1v) is 8.15. The van der Waals surface area contributed by atoms with Crippen LogP contribution in [0.5, 0.6) is 0 Å². The van der Waals surface area contributed by atoms with Gasteiger partial charge in [0.2, 0.25) is 17.7 Å². The lowest BCUT2D eigenvalue weighted by atomic mass is 10.1. The smallest absolute Gasteiger partial charge is 0.248 e. The van der Waals surface area contributed by atoms with Crippen molar-refractivity contribution in [3.8, 4) is 11.5 Å². The molecule has 3 rings (SSSR count). The van der Waals surface area contributed by atoms with Crippen molar-refractivity contribution in [1.29, 1.82) is 0 Å². The Kier molecular flexibility index (Phi) is 4.84. The second-order valence-electron chi connectivity index (χ2n) is 6.05. The number of rotatable bonds is 5. The second kappa shape index (κ2) is 7.23. The lowest BCUT2D eigenvalue weighted by Crippen LogP contribution is -2.15. The lowest BCUT2D eigenvalue weighted by Gasteiger charge is -2.04. The van der Waals surface area contributed by atoms with Gasteiger partial charge in [0.1, 0.15) is 5.76 Å². The van der Waals surface area contributed by atoms with Gasteiger partial charge < -0.3 is 15.5 Å². The fourth-order valence-corrected chi connectivity index (χ4v) is 2.49. The molecule has 0 radical (unpaired) electrons. The second-order valence-corrected chi connectivity index (χ2v) is 6.05. The molecule has 0 spiro atoms. The van der Waals surface area contributed by atoms with Crippen molar-refractivity contribution in [2.75, 3.05) is 5.32 Å². The summed E-state index contributed by atoms with van der Waals surface area (Å²) >= 11 is 0. The number of hydrogen-bond donors (Lipinski definition) is 2. The van der Waals surface area contributed by atoms with Crippen molar-refractivity contribution in [3.63, 3.8) is 0 Å². The molecule has 0 aliphatic carbocycles. The molecule has 132 valence electrons. The molecule has 0 bridgehead atoms. The largest absolute Gasteiger partial charge is 0.441 e. The Morgan fingerprint density at radius 3 is 2.31 bits per heavy atom. The van der Waals surface area contributed by atoms with Crippen LogP contribution in [0.4, 0.5) is 5.69 Å². The summed E-state index contributed by atoms with van der Waals surface area (Å²) in [6.07, 6.45) is 0.0960. The van der Waals surface area contributed by atoms with E-state index in [2.05, 4.69) is 10.3 Å². The molecule has 0 fully saturated rings. The fourth-order valence-electron chi connectivity index (χ4n) is 2.49. The highest BCUT2D eigenvalue weighted by Crippen LogP contribution is 2.22. The van der Waals surface area contributed by atoms with E-state index < -0.39 is 5.91 Å². The van der Waals surface area contributed by atoms with Gasteiger partial charge in [-0.3, -0.25) is 9.59 Å². The molecule has 2 aromatic carbocycles. The highest BCUT2D eigenvalue weighted by atomic mass is 16.4.